The molecule has 2 nitrogen and oxygen atoms in total. The second-order valence-electron chi connectivity index (χ2n) is 5.57. The predicted molar refractivity (Wildman–Crippen MR) is 70.4 cm³/mol. The molecular formula is C14H25F4NO. The van der Waals surface area contributed by atoms with Gasteiger partial charge in [0.05, 0.1) is 6.61 Å². The third kappa shape index (κ3) is 6.39. The second kappa shape index (κ2) is 8.82. The van der Waals surface area contributed by atoms with Crippen LogP contribution >= 0.6 is 0 Å². The first-order chi connectivity index (χ1) is 9.45. The van der Waals surface area contributed by atoms with E-state index >= 15 is 0 Å². The first-order valence-electron chi connectivity index (χ1n) is 7.42. The van der Waals surface area contributed by atoms with Crippen LogP contribution in [0.4, 0.5) is 17.6 Å². The molecule has 1 aliphatic carbocycles. The molecule has 0 aliphatic heterocycles. The van der Waals surface area contributed by atoms with Gasteiger partial charge in [0.1, 0.15) is 6.61 Å². The van der Waals surface area contributed by atoms with Crippen LogP contribution < -0.4 is 5.32 Å². The quantitative estimate of drug-likeness (QED) is 0.653. The molecule has 1 aliphatic rings. The molecule has 0 spiro atoms. The third-order valence-electron chi connectivity index (χ3n) is 3.77. The van der Waals surface area contributed by atoms with Crippen LogP contribution in [0.5, 0.6) is 0 Å². The van der Waals surface area contributed by atoms with Crippen molar-refractivity contribution in [2.24, 2.45) is 5.92 Å². The molecule has 20 heavy (non-hydrogen) atoms. The average Bonchev–Trinajstić information content (AvgIpc) is 2.39. The van der Waals surface area contributed by atoms with Crippen molar-refractivity contribution in [1.29, 1.82) is 0 Å². The predicted octanol–water partition coefficient (Wildman–Crippen LogP) is 3.85. The van der Waals surface area contributed by atoms with Crippen molar-refractivity contribution in [3.8, 4) is 0 Å². The zero-order valence-corrected chi connectivity index (χ0v) is 12.0. The SMILES string of the molecule is CCNC(COCC(F)(F)C(F)F)CC1CCCCC1. The Balaban J connectivity index is 2.31. The molecule has 6 heteroatoms. The van der Waals surface area contributed by atoms with E-state index in [2.05, 4.69) is 5.32 Å². The summed E-state index contributed by atoms with van der Waals surface area (Å²) in [5, 5.41) is 3.19. The van der Waals surface area contributed by atoms with Crippen LogP contribution in [-0.4, -0.2) is 38.1 Å². The third-order valence-corrected chi connectivity index (χ3v) is 3.77. The van der Waals surface area contributed by atoms with E-state index in [-0.39, 0.29) is 12.6 Å². The van der Waals surface area contributed by atoms with Crippen LogP contribution in [0.15, 0.2) is 0 Å². The Hall–Kier alpha value is -0.360. The van der Waals surface area contributed by atoms with Gasteiger partial charge in [-0.1, -0.05) is 39.0 Å². The summed E-state index contributed by atoms with van der Waals surface area (Å²) in [7, 11) is 0. The van der Waals surface area contributed by atoms with Crippen LogP contribution in [0.25, 0.3) is 0 Å². The van der Waals surface area contributed by atoms with Crippen LogP contribution in [0.3, 0.4) is 0 Å². The van der Waals surface area contributed by atoms with Gasteiger partial charge in [-0.3, -0.25) is 0 Å². The summed E-state index contributed by atoms with van der Waals surface area (Å²) in [5.74, 6) is -3.46. The highest BCUT2D eigenvalue weighted by atomic mass is 19.3. The van der Waals surface area contributed by atoms with Gasteiger partial charge in [-0.2, -0.15) is 8.78 Å². The molecule has 0 amide bonds. The summed E-state index contributed by atoms with van der Waals surface area (Å²) < 4.78 is 54.3. The average molecular weight is 299 g/mol. The molecule has 1 saturated carbocycles. The van der Waals surface area contributed by atoms with Gasteiger partial charge >= 0.3 is 12.3 Å². The Morgan fingerprint density at radius 1 is 1.20 bits per heavy atom. The molecule has 1 fully saturated rings. The number of nitrogens with one attached hydrogen (secondary N) is 1. The fourth-order valence-corrected chi connectivity index (χ4v) is 2.72. The topological polar surface area (TPSA) is 21.3 Å². The highest BCUT2D eigenvalue weighted by molar-refractivity contribution is 4.75. The summed E-state index contributed by atoms with van der Waals surface area (Å²) in [6, 6.07) is -0.0310. The van der Waals surface area contributed by atoms with E-state index in [1.165, 1.54) is 19.3 Å². The number of hydrogen-bond acceptors (Lipinski definition) is 2. The van der Waals surface area contributed by atoms with Gasteiger partial charge in [-0.25, -0.2) is 8.78 Å². The maximum atomic E-state index is 12.7. The normalized spacial score (nSPS) is 19.5. The maximum absolute atomic E-state index is 12.7. The summed E-state index contributed by atoms with van der Waals surface area (Å²) in [6.45, 7) is 1.50. The lowest BCUT2D eigenvalue weighted by atomic mass is 9.85. The Labute approximate surface area is 118 Å². The molecule has 1 N–H and O–H groups in total. The first kappa shape index (κ1) is 17.7. The van der Waals surface area contributed by atoms with Gasteiger partial charge in [0.2, 0.25) is 0 Å². The lowest BCUT2D eigenvalue weighted by Crippen LogP contribution is -2.39. The molecule has 0 aromatic heterocycles. The fraction of sp³-hybridized carbons (Fsp3) is 1.00. The van der Waals surface area contributed by atoms with Gasteiger partial charge in [-0.05, 0) is 18.9 Å². The van der Waals surface area contributed by atoms with E-state index in [4.69, 9.17) is 4.74 Å². The minimum Gasteiger partial charge on any atom is -0.373 e. The molecule has 0 aromatic carbocycles. The molecule has 0 radical (unpaired) electrons. The molecule has 1 rings (SSSR count). The van der Waals surface area contributed by atoms with Crippen molar-refractivity contribution >= 4 is 0 Å². The van der Waals surface area contributed by atoms with Gasteiger partial charge < -0.3 is 10.1 Å². The Morgan fingerprint density at radius 2 is 1.85 bits per heavy atom. The van der Waals surface area contributed by atoms with E-state index < -0.39 is 19.0 Å². The van der Waals surface area contributed by atoms with Crippen LogP contribution in [0.2, 0.25) is 0 Å². The maximum Gasteiger partial charge on any atom is 0.330 e. The highest BCUT2D eigenvalue weighted by Gasteiger charge is 2.41. The fourth-order valence-electron chi connectivity index (χ4n) is 2.72. The Morgan fingerprint density at radius 3 is 2.40 bits per heavy atom. The van der Waals surface area contributed by atoms with Gasteiger partial charge in [0.25, 0.3) is 0 Å². The van der Waals surface area contributed by atoms with Crippen LogP contribution in [0.1, 0.15) is 45.4 Å². The van der Waals surface area contributed by atoms with Crippen molar-refractivity contribution in [1.82, 2.24) is 5.32 Å². The van der Waals surface area contributed by atoms with E-state index in [9.17, 15) is 17.6 Å². The summed E-state index contributed by atoms with van der Waals surface area (Å²) >= 11 is 0. The molecule has 0 aromatic rings. The smallest absolute Gasteiger partial charge is 0.330 e. The summed E-state index contributed by atoms with van der Waals surface area (Å²) in [6.07, 6.45) is 3.22. The molecule has 0 bridgehead atoms. The first-order valence-corrected chi connectivity index (χ1v) is 7.42. The number of hydrogen-bond donors (Lipinski definition) is 1. The summed E-state index contributed by atoms with van der Waals surface area (Å²) in [5.41, 5.74) is 0. The molecule has 120 valence electrons. The highest BCUT2D eigenvalue weighted by Crippen LogP contribution is 2.28. The molecular weight excluding hydrogens is 274 g/mol. The van der Waals surface area contributed by atoms with Gasteiger partial charge in [0.15, 0.2) is 0 Å². The van der Waals surface area contributed by atoms with Crippen molar-refractivity contribution in [2.75, 3.05) is 19.8 Å². The Kier molecular flexibility index (Phi) is 7.80. The number of ether oxygens (including phenoxy) is 1. The van der Waals surface area contributed by atoms with E-state index in [0.717, 1.165) is 19.3 Å². The molecule has 1 unspecified atom stereocenters. The minimum atomic E-state index is -4.05. The molecule has 1 atom stereocenters. The summed E-state index contributed by atoms with van der Waals surface area (Å²) in [4.78, 5) is 0. The van der Waals surface area contributed by atoms with E-state index in [1.54, 1.807) is 0 Å². The zero-order chi connectivity index (χ0) is 15.0. The monoisotopic (exact) mass is 299 g/mol. The largest absolute Gasteiger partial charge is 0.373 e. The van der Waals surface area contributed by atoms with Crippen LogP contribution in [-0.2, 0) is 4.74 Å². The van der Waals surface area contributed by atoms with E-state index in [1.807, 2.05) is 6.92 Å². The van der Waals surface area contributed by atoms with Crippen molar-refractivity contribution in [3.05, 3.63) is 0 Å². The molecule has 0 saturated heterocycles. The number of likely N-dealkylation sites (N-methyl/N-ethyl adjacent to an activating group) is 1. The van der Waals surface area contributed by atoms with Gasteiger partial charge in [-0.15, -0.1) is 0 Å². The van der Waals surface area contributed by atoms with E-state index in [0.29, 0.717) is 12.5 Å². The lowest BCUT2D eigenvalue weighted by molar-refractivity contribution is -0.167. The zero-order valence-electron chi connectivity index (χ0n) is 12.0. The standard InChI is InChI=1S/C14H25F4NO/c1-2-19-12(8-11-6-4-3-5-7-11)9-20-10-14(17,18)13(15)16/h11-13,19H,2-10H2,1H3. The lowest BCUT2D eigenvalue weighted by Gasteiger charge is -2.27. The number of rotatable bonds is 9. The second-order valence-corrected chi connectivity index (χ2v) is 5.57. The molecule has 0 heterocycles. The van der Waals surface area contributed by atoms with Gasteiger partial charge in [0, 0.05) is 6.04 Å². The minimum absolute atomic E-state index is 0.0310. The van der Waals surface area contributed by atoms with Crippen molar-refractivity contribution < 1.29 is 22.3 Å². The van der Waals surface area contributed by atoms with Crippen molar-refractivity contribution in [2.45, 2.75) is 63.8 Å². The Bertz CT molecular complexity index is 258. The number of alkyl halides is 4. The van der Waals surface area contributed by atoms with Crippen molar-refractivity contribution in [3.63, 3.8) is 0 Å². The number of halogens is 4. The van der Waals surface area contributed by atoms with Crippen LogP contribution in [0, 0.1) is 5.92 Å².